The second kappa shape index (κ2) is 15.7. The molecule has 0 radical (unpaired) electrons. The highest BCUT2D eigenvalue weighted by atomic mass is 16.5. The number of H-pyrrole nitrogens is 2. The standard InChI is InChI=1S/C32H41N9O10/c1-16(33)28(45)40(4)18(3)25(27(44)35-14-20-12-32(50,15-51-20)41-10-9-24(42)38-31(41)49)39-26(43)17(2)36-30(48)37-23(29(46)47)11-19-13-34-22-8-6-5-7-21(19)22/h5-10,13-14,16-18,23,25,34,50H,11-12,15,33H2,1-4H3,(H,35,44)(H,39,43)(H,46,47)(H2,36,37,48)(H,38,42,49)/b20-14-/t16-,17+,18+,23+,25+,32?/m1/s1. The Balaban J connectivity index is 1.44. The zero-order valence-corrected chi connectivity index (χ0v) is 28.3. The molecule has 1 aromatic carbocycles. The van der Waals surface area contributed by atoms with Crippen molar-refractivity contribution in [1.82, 2.24) is 40.7 Å². The van der Waals surface area contributed by atoms with Gasteiger partial charge in [0.25, 0.3) is 5.56 Å². The van der Waals surface area contributed by atoms with Gasteiger partial charge in [0.1, 0.15) is 30.5 Å². The van der Waals surface area contributed by atoms with E-state index in [9.17, 15) is 43.8 Å². The fraction of sp³-hybridized carbons (Fsp3) is 0.406. The molecule has 0 spiro atoms. The minimum Gasteiger partial charge on any atom is -0.491 e. The van der Waals surface area contributed by atoms with Crippen LogP contribution in [-0.4, -0.2) is 103 Å². The molecule has 0 aliphatic carbocycles. The van der Waals surface area contributed by atoms with E-state index in [4.69, 9.17) is 10.5 Å². The van der Waals surface area contributed by atoms with E-state index >= 15 is 0 Å². The number of amides is 5. The number of carbonyl (C=O) groups excluding carboxylic acids is 4. The molecule has 1 saturated heterocycles. The SMILES string of the molecule is C[C@H](NC(=O)N[C@@H](Cc1c[nH]c2ccccc12)C(=O)O)C(=O)N[C@H](C(=O)N/C=C1/CC(O)(n2ccc(=O)[nH]c2=O)CO1)[C@H](C)N(C)C(=O)[C@@H](C)N. The van der Waals surface area contributed by atoms with E-state index in [1.54, 1.807) is 12.3 Å². The van der Waals surface area contributed by atoms with Crippen molar-refractivity contribution in [3.8, 4) is 0 Å². The first-order valence-electron chi connectivity index (χ1n) is 15.8. The van der Waals surface area contributed by atoms with Gasteiger partial charge in [-0.25, -0.2) is 14.4 Å². The first-order valence-corrected chi connectivity index (χ1v) is 15.8. The molecule has 3 aromatic rings. The molecule has 51 heavy (non-hydrogen) atoms. The normalized spacial score (nSPS) is 19.2. The number of likely N-dealkylation sites (N-methyl/N-ethyl adjacent to an activating group) is 1. The van der Waals surface area contributed by atoms with Crippen molar-refractivity contribution < 1.29 is 38.9 Å². The number of aliphatic hydroxyl groups is 1. The van der Waals surface area contributed by atoms with Crippen molar-refractivity contribution in [2.24, 2.45) is 5.73 Å². The van der Waals surface area contributed by atoms with Gasteiger partial charge in [-0.15, -0.1) is 0 Å². The molecular formula is C32H41N9O10. The Bertz CT molecular complexity index is 1950. The zero-order valence-electron chi connectivity index (χ0n) is 28.3. The second-order valence-electron chi connectivity index (χ2n) is 12.3. The molecule has 1 aliphatic rings. The van der Waals surface area contributed by atoms with Gasteiger partial charge >= 0.3 is 17.7 Å². The third-order valence-corrected chi connectivity index (χ3v) is 8.45. The minimum atomic E-state index is -1.88. The van der Waals surface area contributed by atoms with E-state index in [0.717, 1.165) is 33.9 Å². The van der Waals surface area contributed by atoms with Crippen LogP contribution >= 0.6 is 0 Å². The maximum absolute atomic E-state index is 13.5. The summed E-state index contributed by atoms with van der Waals surface area (Å²) in [6, 6.07) is 1.37. The monoisotopic (exact) mass is 711 g/mol. The number of hydrogen-bond acceptors (Lipinski definition) is 10. The number of aliphatic carboxylic acids is 1. The van der Waals surface area contributed by atoms with Crippen molar-refractivity contribution in [2.45, 2.75) is 69.5 Å². The predicted octanol–water partition coefficient (Wildman–Crippen LogP) is -1.90. The van der Waals surface area contributed by atoms with Crippen LogP contribution in [0.1, 0.15) is 32.8 Å². The van der Waals surface area contributed by atoms with E-state index < -0.39 is 83.5 Å². The van der Waals surface area contributed by atoms with Gasteiger partial charge in [0.2, 0.25) is 17.7 Å². The van der Waals surface area contributed by atoms with Gasteiger partial charge in [-0.1, -0.05) is 18.2 Å². The molecular weight excluding hydrogens is 670 g/mol. The van der Waals surface area contributed by atoms with Gasteiger partial charge in [0.15, 0.2) is 5.72 Å². The van der Waals surface area contributed by atoms with E-state index in [-0.39, 0.29) is 18.6 Å². The van der Waals surface area contributed by atoms with E-state index in [0.29, 0.717) is 5.56 Å². The molecule has 274 valence electrons. The van der Waals surface area contributed by atoms with Crippen molar-refractivity contribution in [3.05, 3.63) is 81.1 Å². The lowest BCUT2D eigenvalue weighted by molar-refractivity contribution is -0.139. The number of aromatic amines is 2. The summed E-state index contributed by atoms with van der Waals surface area (Å²) in [6.45, 7) is 3.86. The van der Waals surface area contributed by atoms with Crippen LogP contribution in [0.15, 0.2) is 64.3 Å². The summed E-state index contributed by atoms with van der Waals surface area (Å²) in [4.78, 5) is 94.2. The first kappa shape index (κ1) is 37.9. The van der Waals surface area contributed by atoms with Gasteiger partial charge in [0.05, 0.1) is 18.5 Å². The highest BCUT2D eigenvalue weighted by Crippen LogP contribution is 2.29. The first-order chi connectivity index (χ1) is 24.0. The van der Waals surface area contributed by atoms with Crippen LogP contribution in [0.3, 0.4) is 0 Å². The number of rotatable bonds is 13. The van der Waals surface area contributed by atoms with Crippen molar-refractivity contribution in [2.75, 3.05) is 13.7 Å². The number of nitrogens with one attached hydrogen (secondary N) is 6. The van der Waals surface area contributed by atoms with E-state index in [2.05, 4.69) is 26.3 Å². The van der Waals surface area contributed by atoms with Crippen LogP contribution in [0.25, 0.3) is 10.9 Å². The molecule has 1 unspecified atom stereocenters. The lowest BCUT2D eigenvalue weighted by atomic mass is 10.1. The van der Waals surface area contributed by atoms with Gasteiger partial charge in [-0.05, 0) is 32.4 Å². The topological polar surface area (TPSA) is 283 Å². The molecule has 3 heterocycles. The number of urea groups is 1. The lowest BCUT2D eigenvalue weighted by Gasteiger charge is -2.33. The molecule has 2 aromatic heterocycles. The Morgan fingerprint density at radius 1 is 1.08 bits per heavy atom. The zero-order chi connectivity index (χ0) is 37.6. The van der Waals surface area contributed by atoms with Crippen LogP contribution in [0.5, 0.6) is 0 Å². The maximum Gasteiger partial charge on any atom is 0.330 e. The Labute approximate surface area is 290 Å². The number of nitrogens with zero attached hydrogens (tertiary/aromatic N) is 2. The number of fused-ring (bicyclic) bond motifs is 1. The third-order valence-electron chi connectivity index (χ3n) is 8.45. The molecule has 1 aliphatic heterocycles. The number of para-hydroxylation sites is 1. The third kappa shape index (κ3) is 9.00. The van der Waals surface area contributed by atoms with Crippen LogP contribution in [-0.2, 0) is 36.1 Å². The largest absolute Gasteiger partial charge is 0.491 e. The van der Waals surface area contributed by atoms with Gasteiger partial charge in [-0.3, -0.25) is 28.7 Å². The summed E-state index contributed by atoms with van der Waals surface area (Å²) in [5.41, 5.74) is 3.79. The number of ether oxygens (including phenoxy) is 1. The highest BCUT2D eigenvalue weighted by Gasteiger charge is 2.40. The number of hydrogen-bond donors (Lipinski definition) is 9. The number of carboxylic acids is 1. The summed E-state index contributed by atoms with van der Waals surface area (Å²) >= 11 is 0. The number of carbonyl (C=O) groups is 5. The van der Waals surface area contributed by atoms with Gasteiger partial charge < -0.3 is 51.8 Å². The average Bonchev–Trinajstić information content (AvgIpc) is 3.67. The summed E-state index contributed by atoms with van der Waals surface area (Å²) in [7, 11) is 1.39. The second-order valence-corrected chi connectivity index (χ2v) is 12.3. The average molecular weight is 712 g/mol. The fourth-order valence-corrected chi connectivity index (χ4v) is 5.43. The fourth-order valence-electron chi connectivity index (χ4n) is 5.43. The summed E-state index contributed by atoms with van der Waals surface area (Å²) < 4.78 is 6.34. The molecule has 6 atom stereocenters. The molecule has 0 bridgehead atoms. The van der Waals surface area contributed by atoms with Crippen LogP contribution in [0, 0.1) is 0 Å². The Kier molecular flexibility index (Phi) is 11.7. The number of benzene rings is 1. The number of carboxylic acid groups (broad SMARTS) is 1. The molecule has 0 saturated carbocycles. The number of nitrogens with two attached hydrogens (primary N) is 1. The molecule has 4 rings (SSSR count). The van der Waals surface area contributed by atoms with Crippen LogP contribution in [0.2, 0.25) is 0 Å². The summed E-state index contributed by atoms with van der Waals surface area (Å²) in [6.07, 6.45) is 3.54. The van der Waals surface area contributed by atoms with Gasteiger partial charge in [0, 0.05) is 49.0 Å². The lowest BCUT2D eigenvalue weighted by Crippen LogP contribution is -2.61. The van der Waals surface area contributed by atoms with E-state index in [1.165, 1.54) is 32.7 Å². The quantitative estimate of drug-likeness (QED) is 0.0944. The molecule has 1 fully saturated rings. The summed E-state index contributed by atoms with van der Waals surface area (Å²) in [5.74, 6) is -3.46. The molecule has 10 N–H and O–H groups in total. The van der Waals surface area contributed by atoms with Crippen LogP contribution in [0.4, 0.5) is 4.79 Å². The van der Waals surface area contributed by atoms with Gasteiger partial charge in [-0.2, -0.15) is 0 Å². The maximum atomic E-state index is 13.5. The van der Waals surface area contributed by atoms with Crippen molar-refractivity contribution in [3.63, 3.8) is 0 Å². The summed E-state index contributed by atoms with van der Waals surface area (Å²) in [5, 5.41) is 31.2. The predicted molar refractivity (Wildman–Crippen MR) is 181 cm³/mol. The Hall–Kier alpha value is -5.95. The Morgan fingerprint density at radius 3 is 2.45 bits per heavy atom. The number of aromatic nitrogens is 3. The minimum absolute atomic E-state index is 0.0500. The Morgan fingerprint density at radius 2 is 1.78 bits per heavy atom. The molecule has 19 nitrogen and oxygen atoms in total. The van der Waals surface area contributed by atoms with Crippen molar-refractivity contribution in [1.29, 1.82) is 0 Å². The van der Waals surface area contributed by atoms with Crippen molar-refractivity contribution >= 4 is 40.6 Å². The molecule has 19 heteroatoms. The van der Waals surface area contributed by atoms with Crippen LogP contribution < -0.4 is 38.2 Å². The molecule has 5 amide bonds. The smallest absolute Gasteiger partial charge is 0.330 e. The highest BCUT2D eigenvalue weighted by molar-refractivity contribution is 5.93. The van der Waals surface area contributed by atoms with E-state index in [1.807, 2.05) is 23.2 Å².